The minimum atomic E-state index is -1.88. The monoisotopic (exact) mass is 594 g/mol. The van der Waals surface area contributed by atoms with E-state index in [-0.39, 0.29) is 5.75 Å². The highest BCUT2D eigenvalue weighted by atomic mass is 35.6. The number of halogens is 1. The second-order valence-electron chi connectivity index (χ2n) is 12.8. The van der Waals surface area contributed by atoms with Crippen LogP contribution in [0.2, 0.25) is 33.2 Å². The molecule has 0 radical (unpaired) electrons. The number of rotatable bonds is 8. The molecule has 2 aromatic carbocycles. The molecule has 4 nitrogen and oxygen atoms in total. The number of hydrogen-bond acceptors (Lipinski definition) is 4. The molecule has 39 heavy (non-hydrogen) atoms. The van der Waals surface area contributed by atoms with Gasteiger partial charge >= 0.3 is 0 Å². The molecule has 0 amide bonds. The number of benzene rings is 2. The van der Waals surface area contributed by atoms with Gasteiger partial charge in [0.1, 0.15) is 11.5 Å². The van der Waals surface area contributed by atoms with E-state index in [4.69, 9.17) is 32.1 Å². The molecule has 2 rings (SSSR count). The molecule has 0 heterocycles. The average molecular weight is 595 g/mol. The molecule has 0 aromatic heterocycles. The number of phenolic OH excluding ortho intramolecular Hbond substituents is 1. The van der Waals surface area contributed by atoms with E-state index >= 15 is 0 Å². The number of aryl methyl sites for hydroxylation is 2. The number of anilines is 2. The van der Waals surface area contributed by atoms with Gasteiger partial charge in [-0.25, -0.2) is 0 Å². The summed E-state index contributed by atoms with van der Waals surface area (Å²) in [7, 11) is -3.39. The zero-order chi connectivity index (χ0) is 30.9. The fourth-order valence-electron chi connectivity index (χ4n) is 5.90. The van der Waals surface area contributed by atoms with E-state index in [1.54, 1.807) is 12.1 Å². The number of hydrogen-bond donors (Lipinski definition) is 3. The Kier molecular flexibility index (Phi) is 15.3. The summed E-state index contributed by atoms with van der Waals surface area (Å²) in [5, 5.41) is 9.02. The van der Waals surface area contributed by atoms with E-state index in [1.807, 2.05) is 25.1 Å². The summed E-state index contributed by atoms with van der Waals surface area (Å²) in [6, 6.07) is 11.0. The van der Waals surface area contributed by atoms with Crippen LogP contribution in [0.5, 0.6) is 11.5 Å². The van der Waals surface area contributed by atoms with Gasteiger partial charge in [0.2, 0.25) is 0 Å². The molecule has 224 valence electrons. The molecule has 0 aliphatic rings. The smallest absolute Gasteiger partial charge is 0.258 e. The SMILES string of the molecule is CC(C)[Si](Cl)(C(C)C)C(C)C.Cc1ccc(N)cc1O.Cc1ccc(N)cc1O[Si](C(C)C)(C(C)C)C(C)C. The summed E-state index contributed by atoms with van der Waals surface area (Å²) in [5.74, 6) is 1.23. The van der Waals surface area contributed by atoms with Gasteiger partial charge in [-0.15, -0.1) is 0 Å². The summed E-state index contributed by atoms with van der Waals surface area (Å²) >= 11 is 6.68. The Hall–Kier alpha value is -1.64. The van der Waals surface area contributed by atoms with Crippen LogP contribution in [0.1, 0.15) is 94.2 Å². The van der Waals surface area contributed by atoms with Crippen molar-refractivity contribution in [1.29, 1.82) is 0 Å². The lowest BCUT2D eigenvalue weighted by atomic mass is 10.2. The lowest BCUT2D eigenvalue weighted by Gasteiger charge is -2.42. The molecular formula is C32H59ClN2O2Si2. The summed E-state index contributed by atoms with van der Waals surface area (Å²) in [6.07, 6.45) is 0. The quantitative estimate of drug-likeness (QED) is 0.161. The van der Waals surface area contributed by atoms with Gasteiger partial charge in [-0.05, 0) is 70.4 Å². The van der Waals surface area contributed by atoms with Crippen molar-refractivity contribution in [3.8, 4) is 11.5 Å². The first-order valence-electron chi connectivity index (χ1n) is 14.5. The molecule has 0 bridgehead atoms. The second kappa shape index (κ2) is 16.0. The molecular weight excluding hydrogens is 536 g/mol. The lowest BCUT2D eigenvalue weighted by molar-refractivity contribution is 0.471. The van der Waals surface area contributed by atoms with Crippen LogP contribution in [0.15, 0.2) is 36.4 Å². The Balaban J connectivity index is 0.000000611. The number of phenols is 1. The number of nitrogens with two attached hydrogens (primary N) is 2. The van der Waals surface area contributed by atoms with Crippen LogP contribution in [0.25, 0.3) is 0 Å². The van der Waals surface area contributed by atoms with Crippen LogP contribution in [0.4, 0.5) is 11.4 Å². The van der Waals surface area contributed by atoms with Gasteiger partial charge in [0, 0.05) is 23.5 Å². The molecule has 0 aliphatic heterocycles. The zero-order valence-electron chi connectivity index (χ0n) is 27.3. The Bertz CT molecular complexity index is 964. The van der Waals surface area contributed by atoms with Gasteiger partial charge in [-0.1, -0.05) is 95.2 Å². The van der Waals surface area contributed by atoms with Crippen LogP contribution >= 0.6 is 11.1 Å². The predicted octanol–water partition coefficient (Wildman–Crippen LogP) is 10.8. The minimum Gasteiger partial charge on any atom is -0.542 e. The summed E-state index contributed by atoms with van der Waals surface area (Å²) in [5.41, 5.74) is 18.5. The maximum absolute atomic E-state index is 9.02. The highest BCUT2D eigenvalue weighted by Gasteiger charge is 2.47. The van der Waals surface area contributed by atoms with E-state index in [9.17, 15) is 0 Å². The van der Waals surface area contributed by atoms with Gasteiger partial charge in [0.05, 0.1) is 0 Å². The van der Waals surface area contributed by atoms with E-state index < -0.39 is 15.7 Å². The third-order valence-corrected chi connectivity index (χ3v) is 23.3. The topological polar surface area (TPSA) is 81.5 Å². The van der Waals surface area contributed by atoms with Gasteiger partial charge in [-0.3, -0.25) is 0 Å². The maximum atomic E-state index is 9.02. The summed E-state index contributed by atoms with van der Waals surface area (Å²) in [6.45, 7) is 31.3. The van der Waals surface area contributed by atoms with Crippen molar-refractivity contribution in [2.24, 2.45) is 0 Å². The van der Waals surface area contributed by atoms with Crippen molar-refractivity contribution in [3.63, 3.8) is 0 Å². The second-order valence-corrected chi connectivity index (χ2v) is 25.2. The molecule has 0 spiro atoms. The van der Waals surface area contributed by atoms with Crippen LogP contribution < -0.4 is 15.9 Å². The van der Waals surface area contributed by atoms with Crippen LogP contribution in [0.3, 0.4) is 0 Å². The predicted molar refractivity (Wildman–Crippen MR) is 181 cm³/mol. The summed E-state index contributed by atoms with van der Waals surface area (Å²) < 4.78 is 6.66. The van der Waals surface area contributed by atoms with Crippen molar-refractivity contribution in [3.05, 3.63) is 47.5 Å². The number of nitrogen functional groups attached to an aromatic ring is 2. The van der Waals surface area contributed by atoms with Crippen molar-refractivity contribution in [2.45, 2.75) is 130 Å². The molecule has 0 atom stereocenters. The van der Waals surface area contributed by atoms with Crippen molar-refractivity contribution in [2.75, 3.05) is 11.5 Å². The van der Waals surface area contributed by atoms with Crippen LogP contribution in [-0.2, 0) is 0 Å². The lowest BCUT2D eigenvalue weighted by Crippen LogP contribution is -2.50. The van der Waals surface area contributed by atoms with Gasteiger partial charge in [-0.2, -0.15) is 11.1 Å². The molecule has 0 saturated carbocycles. The molecule has 0 fully saturated rings. The third-order valence-electron chi connectivity index (χ3n) is 8.09. The Morgan fingerprint density at radius 1 is 0.615 bits per heavy atom. The molecule has 5 N–H and O–H groups in total. The first-order valence-corrected chi connectivity index (χ1v) is 19.9. The first-order chi connectivity index (χ1) is 17.7. The maximum Gasteiger partial charge on any atom is 0.258 e. The van der Waals surface area contributed by atoms with Crippen LogP contribution in [-0.4, -0.2) is 20.8 Å². The molecule has 0 saturated heterocycles. The van der Waals surface area contributed by atoms with Gasteiger partial charge < -0.3 is 21.0 Å². The minimum absolute atomic E-state index is 0.259. The van der Waals surface area contributed by atoms with Crippen molar-refractivity contribution in [1.82, 2.24) is 0 Å². The Labute approximate surface area is 247 Å². The van der Waals surface area contributed by atoms with E-state index in [1.165, 1.54) is 11.6 Å². The molecule has 0 aliphatic carbocycles. The van der Waals surface area contributed by atoms with Gasteiger partial charge in [0.25, 0.3) is 8.32 Å². The van der Waals surface area contributed by atoms with E-state index in [2.05, 4.69) is 90.0 Å². The van der Waals surface area contributed by atoms with Gasteiger partial charge in [0.15, 0.2) is 7.38 Å². The van der Waals surface area contributed by atoms with Crippen LogP contribution in [0, 0.1) is 13.8 Å². The Morgan fingerprint density at radius 3 is 1.26 bits per heavy atom. The van der Waals surface area contributed by atoms with Crippen molar-refractivity contribution < 1.29 is 9.53 Å². The first kappa shape index (κ1) is 37.4. The van der Waals surface area contributed by atoms with E-state index in [0.29, 0.717) is 38.9 Å². The highest BCUT2D eigenvalue weighted by Crippen LogP contribution is 2.45. The third kappa shape index (κ3) is 10.1. The normalized spacial score (nSPS) is 12.1. The van der Waals surface area contributed by atoms with E-state index in [0.717, 1.165) is 17.0 Å². The fourth-order valence-corrected chi connectivity index (χ4v) is 15.2. The fraction of sp³-hybridized carbons (Fsp3) is 0.625. The highest BCUT2D eigenvalue weighted by molar-refractivity contribution is 7.22. The molecule has 0 unspecified atom stereocenters. The standard InChI is InChI=1S/C16H29NOSi.C9H21ClSi.C7H9NO/c1-11(2)19(12(3)4,13(5)6)18-16-10-15(17)9-8-14(16)7;1-7(2)11(10,8(3)4)9(5)6;1-5-2-3-6(8)4-7(5)9/h8-13H,17H2,1-7H3;7-9H,1-6H3;2-4,9H,8H2,1H3. The largest absolute Gasteiger partial charge is 0.542 e. The molecule has 2 aromatic rings. The average Bonchev–Trinajstić information content (AvgIpc) is 2.81. The number of aromatic hydroxyl groups is 1. The van der Waals surface area contributed by atoms with Crippen molar-refractivity contribution >= 4 is 38.2 Å². The summed E-state index contributed by atoms with van der Waals surface area (Å²) in [4.78, 5) is 0. The Morgan fingerprint density at radius 2 is 0.974 bits per heavy atom. The zero-order valence-corrected chi connectivity index (χ0v) is 30.1. The molecule has 7 heteroatoms.